The summed E-state index contributed by atoms with van der Waals surface area (Å²) in [6.45, 7) is 0.991. The summed E-state index contributed by atoms with van der Waals surface area (Å²) in [5, 5.41) is 13.6. The van der Waals surface area contributed by atoms with Crippen LogP contribution in [-0.4, -0.2) is 14.9 Å². The second-order valence-corrected chi connectivity index (χ2v) is 4.91. The minimum atomic E-state index is -0.527. The van der Waals surface area contributed by atoms with Gasteiger partial charge in [0.05, 0.1) is 5.69 Å². The van der Waals surface area contributed by atoms with E-state index in [2.05, 4.69) is 10.3 Å². The number of nitrogens with zero attached hydrogens (tertiary/aromatic N) is 2. The average molecular weight is 296 g/mol. The van der Waals surface area contributed by atoms with Gasteiger partial charge in [0.2, 0.25) is 0 Å². The predicted octanol–water partition coefficient (Wildman–Crippen LogP) is 1.70. The van der Waals surface area contributed by atoms with E-state index in [9.17, 15) is 10.0 Å². The standard InChI is InChI=1S/C16H16N4O2/c17-9-11-4-1-2-5-12(11)10-19-14-8-15(21)20(22)16-13(14)6-3-7-18-16/h1-8,19,22H,9-10,17H2. The van der Waals surface area contributed by atoms with E-state index >= 15 is 0 Å². The Morgan fingerprint density at radius 3 is 2.73 bits per heavy atom. The Kier molecular flexibility index (Phi) is 3.76. The fraction of sp³-hybridized carbons (Fsp3) is 0.125. The van der Waals surface area contributed by atoms with Crippen molar-refractivity contribution in [2.24, 2.45) is 5.73 Å². The van der Waals surface area contributed by atoms with Crippen LogP contribution in [0.2, 0.25) is 0 Å². The van der Waals surface area contributed by atoms with Crippen LogP contribution in [0.1, 0.15) is 11.1 Å². The lowest BCUT2D eigenvalue weighted by Crippen LogP contribution is -2.19. The minimum Gasteiger partial charge on any atom is -0.423 e. The molecule has 0 saturated carbocycles. The van der Waals surface area contributed by atoms with E-state index in [1.54, 1.807) is 12.1 Å². The lowest BCUT2D eigenvalue weighted by atomic mass is 10.1. The molecule has 3 aromatic rings. The molecule has 4 N–H and O–H groups in total. The van der Waals surface area contributed by atoms with Gasteiger partial charge >= 0.3 is 0 Å². The average Bonchev–Trinajstić information content (AvgIpc) is 2.57. The minimum absolute atomic E-state index is 0.226. The number of fused-ring (bicyclic) bond motifs is 1. The number of hydrogen-bond acceptors (Lipinski definition) is 5. The first-order valence-electron chi connectivity index (χ1n) is 6.91. The van der Waals surface area contributed by atoms with Crippen LogP contribution in [0.25, 0.3) is 11.0 Å². The SMILES string of the molecule is NCc1ccccc1CNc1cc(=O)n(O)c2ncccc12. The number of nitrogens with two attached hydrogens (primary N) is 1. The molecule has 0 atom stereocenters. The molecule has 1 aromatic carbocycles. The van der Waals surface area contributed by atoms with Crippen LogP contribution >= 0.6 is 0 Å². The molecular weight excluding hydrogens is 280 g/mol. The summed E-state index contributed by atoms with van der Waals surface area (Å²) in [6.07, 6.45) is 1.53. The highest BCUT2D eigenvalue weighted by molar-refractivity contribution is 5.88. The van der Waals surface area contributed by atoms with Crippen LogP contribution in [0.5, 0.6) is 0 Å². The van der Waals surface area contributed by atoms with Crippen molar-refractivity contribution in [2.75, 3.05) is 5.32 Å². The highest BCUT2D eigenvalue weighted by Gasteiger charge is 2.09. The van der Waals surface area contributed by atoms with E-state index in [4.69, 9.17) is 5.73 Å². The zero-order chi connectivity index (χ0) is 15.5. The van der Waals surface area contributed by atoms with Gasteiger partial charge in [-0.2, -0.15) is 0 Å². The van der Waals surface area contributed by atoms with Crippen molar-refractivity contribution in [1.82, 2.24) is 9.71 Å². The lowest BCUT2D eigenvalue weighted by Gasteiger charge is -2.12. The number of anilines is 1. The number of pyridine rings is 2. The smallest absolute Gasteiger partial charge is 0.286 e. The van der Waals surface area contributed by atoms with Gasteiger partial charge in [0.25, 0.3) is 5.56 Å². The molecule has 0 bridgehead atoms. The summed E-state index contributed by atoms with van der Waals surface area (Å²) in [4.78, 5) is 15.8. The quantitative estimate of drug-likeness (QED) is 0.637. The molecule has 0 aliphatic heterocycles. The molecule has 0 fully saturated rings. The number of hydrogen-bond donors (Lipinski definition) is 3. The summed E-state index contributed by atoms with van der Waals surface area (Å²) in [5.41, 5.74) is 8.17. The first-order valence-corrected chi connectivity index (χ1v) is 6.91. The Morgan fingerprint density at radius 1 is 1.18 bits per heavy atom. The largest absolute Gasteiger partial charge is 0.423 e. The summed E-state index contributed by atoms with van der Waals surface area (Å²) in [5.74, 6) is 0. The predicted molar refractivity (Wildman–Crippen MR) is 84.8 cm³/mol. The number of benzene rings is 1. The summed E-state index contributed by atoms with van der Waals surface area (Å²) in [7, 11) is 0. The van der Waals surface area contributed by atoms with Crippen molar-refractivity contribution < 1.29 is 5.21 Å². The number of aromatic nitrogens is 2. The van der Waals surface area contributed by atoms with Crippen molar-refractivity contribution in [1.29, 1.82) is 0 Å². The van der Waals surface area contributed by atoms with E-state index in [0.717, 1.165) is 11.1 Å². The Morgan fingerprint density at radius 2 is 1.95 bits per heavy atom. The Labute approximate surface area is 126 Å². The summed E-state index contributed by atoms with van der Waals surface area (Å²) in [6, 6.07) is 12.8. The van der Waals surface area contributed by atoms with E-state index in [1.165, 1.54) is 12.3 Å². The molecule has 6 heteroatoms. The fourth-order valence-corrected chi connectivity index (χ4v) is 2.41. The van der Waals surface area contributed by atoms with Crippen molar-refractivity contribution in [2.45, 2.75) is 13.1 Å². The highest BCUT2D eigenvalue weighted by atomic mass is 16.5. The molecule has 0 unspecified atom stereocenters. The molecule has 2 aromatic heterocycles. The van der Waals surface area contributed by atoms with Crippen LogP contribution in [0.3, 0.4) is 0 Å². The molecule has 22 heavy (non-hydrogen) atoms. The van der Waals surface area contributed by atoms with Crippen LogP contribution < -0.4 is 16.6 Å². The normalized spacial score (nSPS) is 10.8. The Bertz CT molecular complexity index is 873. The third kappa shape index (κ3) is 2.51. The molecular formula is C16H16N4O2. The third-order valence-corrected chi connectivity index (χ3v) is 3.56. The number of rotatable bonds is 4. The first kappa shape index (κ1) is 14.1. The number of nitrogens with one attached hydrogen (secondary N) is 1. The van der Waals surface area contributed by atoms with E-state index in [0.29, 0.717) is 28.9 Å². The Balaban J connectivity index is 1.98. The van der Waals surface area contributed by atoms with E-state index in [-0.39, 0.29) is 5.65 Å². The zero-order valence-electron chi connectivity index (χ0n) is 11.9. The van der Waals surface area contributed by atoms with Gasteiger partial charge < -0.3 is 16.3 Å². The molecule has 0 radical (unpaired) electrons. The van der Waals surface area contributed by atoms with Crippen molar-refractivity contribution in [3.8, 4) is 0 Å². The second kappa shape index (κ2) is 5.87. The fourth-order valence-electron chi connectivity index (χ4n) is 2.41. The second-order valence-electron chi connectivity index (χ2n) is 4.91. The maximum Gasteiger partial charge on any atom is 0.286 e. The lowest BCUT2D eigenvalue weighted by molar-refractivity contribution is 0.187. The van der Waals surface area contributed by atoms with E-state index in [1.807, 2.05) is 24.3 Å². The summed E-state index contributed by atoms with van der Waals surface area (Å²) < 4.78 is 0.550. The highest BCUT2D eigenvalue weighted by Crippen LogP contribution is 2.20. The molecule has 0 spiro atoms. The van der Waals surface area contributed by atoms with Crippen molar-refractivity contribution in [3.63, 3.8) is 0 Å². The first-order chi connectivity index (χ1) is 10.7. The van der Waals surface area contributed by atoms with Gasteiger partial charge in [-0.3, -0.25) is 4.79 Å². The van der Waals surface area contributed by atoms with Crippen LogP contribution in [0.4, 0.5) is 5.69 Å². The van der Waals surface area contributed by atoms with E-state index < -0.39 is 5.56 Å². The van der Waals surface area contributed by atoms with Gasteiger partial charge in [0.15, 0.2) is 5.65 Å². The maximum absolute atomic E-state index is 11.8. The van der Waals surface area contributed by atoms with Crippen molar-refractivity contribution in [3.05, 3.63) is 70.1 Å². The molecule has 0 amide bonds. The zero-order valence-corrected chi connectivity index (χ0v) is 11.9. The van der Waals surface area contributed by atoms with Crippen molar-refractivity contribution >= 4 is 16.7 Å². The molecule has 0 aliphatic carbocycles. The third-order valence-electron chi connectivity index (χ3n) is 3.56. The molecule has 0 aliphatic rings. The Hall–Kier alpha value is -2.86. The van der Waals surface area contributed by atoms with Gasteiger partial charge in [-0.1, -0.05) is 24.3 Å². The van der Waals surface area contributed by atoms with Gasteiger partial charge in [-0.25, -0.2) is 4.98 Å². The topological polar surface area (TPSA) is 93.2 Å². The van der Waals surface area contributed by atoms with Crippen LogP contribution in [-0.2, 0) is 13.1 Å². The van der Waals surface area contributed by atoms with Gasteiger partial charge in [0.1, 0.15) is 0 Å². The van der Waals surface area contributed by atoms with Crippen LogP contribution in [0, 0.1) is 0 Å². The monoisotopic (exact) mass is 296 g/mol. The molecule has 2 heterocycles. The molecule has 6 nitrogen and oxygen atoms in total. The van der Waals surface area contributed by atoms with Gasteiger partial charge in [-0.15, -0.1) is 4.73 Å². The van der Waals surface area contributed by atoms with Crippen LogP contribution in [0.15, 0.2) is 53.5 Å². The van der Waals surface area contributed by atoms with Gasteiger partial charge in [0, 0.05) is 30.7 Å². The summed E-state index contributed by atoms with van der Waals surface area (Å²) >= 11 is 0. The molecule has 112 valence electrons. The maximum atomic E-state index is 11.8. The molecule has 3 rings (SSSR count). The van der Waals surface area contributed by atoms with Gasteiger partial charge in [-0.05, 0) is 23.3 Å². The molecule has 0 saturated heterocycles.